The standard InChI is InChI=1S/C17H14F2O4/c1-22-15-8-6-11(9-16(15)23-17(18)19)5-7-14(21)12-3-2-4-13(20)10-12/h2-10,17,20H,1H3/b7-5+. The number of alkyl halides is 2. The molecule has 0 bridgehead atoms. The second-order valence-corrected chi connectivity index (χ2v) is 4.54. The molecule has 0 heterocycles. The van der Waals surface area contributed by atoms with Crippen LogP contribution in [0.4, 0.5) is 8.78 Å². The highest BCUT2D eigenvalue weighted by Gasteiger charge is 2.10. The van der Waals surface area contributed by atoms with Crippen molar-refractivity contribution in [1.29, 1.82) is 0 Å². The summed E-state index contributed by atoms with van der Waals surface area (Å²) < 4.78 is 34.0. The van der Waals surface area contributed by atoms with Gasteiger partial charge in [0.05, 0.1) is 7.11 Å². The molecule has 0 saturated heterocycles. The van der Waals surface area contributed by atoms with Crippen molar-refractivity contribution in [2.75, 3.05) is 7.11 Å². The van der Waals surface area contributed by atoms with E-state index in [2.05, 4.69) is 4.74 Å². The second kappa shape index (κ2) is 7.40. The van der Waals surface area contributed by atoms with Gasteiger partial charge in [-0.1, -0.05) is 24.3 Å². The number of ketones is 1. The van der Waals surface area contributed by atoms with Crippen molar-refractivity contribution in [3.05, 3.63) is 59.7 Å². The van der Waals surface area contributed by atoms with Crippen LogP contribution in [0.25, 0.3) is 6.08 Å². The monoisotopic (exact) mass is 320 g/mol. The molecule has 0 aliphatic carbocycles. The summed E-state index contributed by atoms with van der Waals surface area (Å²) in [5.74, 6) is -0.287. The predicted molar refractivity (Wildman–Crippen MR) is 81.1 cm³/mol. The van der Waals surface area contributed by atoms with Crippen molar-refractivity contribution in [3.63, 3.8) is 0 Å². The number of ether oxygens (including phenoxy) is 2. The fourth-order valence-electron chi connectivity index (χ4n) is 1.91. The van der Waals surface area contributed by atoms with Crippen LogP contribution in [0.5, 0.6) is 17.2 Å². The lowest BCUT2D eigenvalue weighted by atomic mass is 10.1. The first-order chi connectivity index (χ1) is 11.0. The maximum atomic E-state index is 12.4. The van der Waals surface area contributed by atoms with Crippen LogP contribution in [0.15, 0.2) is 48.5 Å². The number of benzene rings is 2. The van der Waals surface area contributed by atoms with E-state index >= 15 is 0 Å². The fourth-order valence-corrected chi connectivity index (χ4v) is 1.91. The first-order valence-corrected chi connectivity index (χ1v) is 6.64. The van der Waals surface area contributed by atoms with Crippen LogP contribution in [0.3, 0.4) is 0 Å². The van der Waals surface area contributed by atoms with Crippen LogP contribution >= 0.6 is 0 Å². The van der Waals surface area contributed by atoms with Gasteiger partial charge in [-0.25, -0.2) is 0 Å². The molecule has 0 aromatic heterocycles. The van der Waals surface area contributed by atoms with E-state index in [1.54, 1.807) is 18.2 Å². The molecule has 0 aliphatic heterocycles. The summed E-state index contributed by atoms with van der Waals surface area (Å²) in [5.41, 5.74) is 0.814. The Morgan fingerprint density at radius 2 is 1.96 bits per heavy atom. The zero-order valence-electron chi connectivity index (χ0n) is 12.2. The molecule has 0 unspecified atom stereocenters. The molecule has 0 aliphatic rings. The topological polar surface area (TPSA) is 55.8 Å². The predicted octanol–water partition coefficient (Wildman–Crippen LogP) is 3.90. The minimum Gasteiger partial charge on any atom is -0.508 e. The average molecular weight is 320 g/mol. The molecule has 0 atom stereocenters. The van der Waals surface area contributed by atoms with Gasteiger partial charge in [0.2, 0.25) is 0 Å². The van der Waals surface area contributed by atoms with E-state index in [4.69, 9.17) is 4.74 Å². The number of hydrogen-bond acceptors (Lipinski definition) is 4. The zero-order valence-corrected chi connectivity index (χ0v) is 12.2. The number of phenolic OH excluding ortho intramolecular Hbond substituents is 1. The molecule has 0 saturated carbocycles. The van der Waals surface area contributed by atoms with Gasteiger partial charge < -0.3 is 14.6 Å². The van der Waals surface area contributed by atoms with Gasteiger partial charge in [-0.15, -0.1) is 0 Å². The third kappa shape index (κ3) is 4.54. The van der Waals surface area contributed by atoms with Gasteiger partial charge >= 0.3 is 6.61 Å². The van der Waals surface area contributed by atoms with Gasteiger partial charge in [-0.3, -0.25) is 4.79 Å². The summed E-state index contributed by atoms with van der Waals surface area (Å²) in [7, 11) is 1.34. The van der Waals surface area contributed by atoms with Crippen LogP contribution in [0, 0.1) is 0 Å². The quantitative estimate of drug-likeness (QED) is 0.648. The summed E-state index contributed by atoms with van der Waals surface area (Å²) in [6.45, 7) is -2.97. The van der Waals surface area contributed by atoms with Crippen LogP contribution in [0.2, 0.25) is 0 Å². The summed E-state index contributed by atoms with van der Waals surface area (Å²) in [5, 5.41) is 9.35. The molecule has 4 nitrogen and oxygen atoms in total. The molecule has 2 aromatic rings. The van der Waals surface area contributed by atoms with Crippen molar-refractivity contribution in [3.8, 4) is 17.2 Å². The van der Waals surface area contributed by atoms with E-state index in [-0.39, 0.29) is 23.0 Å². The Balaban J connectivity index is 2.20. The molecule has 120 valence electrons. The number of carbonyl (C=O) groups excluding carboxylic acids is 1. The Hall–Kier alpha value is -2.89. The number of allylic oxidation sites excluding steroid dienone is 1. The van der Waals surface area contributed by atoms with E-state index < -0.39 is 6.61 Å². The average Bonchev–Trinajstić information content (AvgIpc) is 2.52. The zero-order chi connectivity index (χ0) is 16.8. The minimum atomic E-state index is -2.97. The van der Waals surface area contributed by atoms with E-state index in [0.717, 1.165) is 0 Å². The summed E-state index contributed by atoms with van der Waals surface area (Å²) in [6.07, 6.45) is 2.74. The Morgan fingerprint density at radius 3 is 2.61 bits per heavy atom. The number of rotatable bonds is 6. The van der Waals surface area contributed by atoms with Crippen molar-refractivity contribution in [1.82, 2.24) is 0 Å². The molecule has 0 amide bonds. The lowest BCUT2D eigenvalue weighted by Crippen LogP contribution is -2.03. The number of carbonyl (C=O) groups is 1. The maximum Gasteiger partial charge on any atom is 0.387 e. The highest BCUT2D eigenvalue weighted by Crippen LogP contribution is 2.30. The van der Waals surface area contributed by atoms with Crippen LogP contribution in [-0.2, 0) is 0 Å². The number of methoxy groups -OCH3 is 1. The van der Waals surface area contributed by atoms with Gasteiger partial charge in [-0.2, -0.15) is 8.78 Å². The van der Waals surface area contributed by atoms with Crippen LogP contribution in [-0.4, -0.2) is 24.6 Å². The largest absolute Gasteiger partial charge is 0.508 e. The molecule has 6 heteroatoms. The van der Waals surface area contributed by atoms with E-state index in [9.17, 15) is 18.7 Å². The lowest BCUT2D eigenvalue weighted by molar-refractivity contribution is -0.0512. The van der Waals surface area contributed by atoms with Crippen LogP contribution < -0.4 is 9.47 Å². The lowest BCUT2D eigenvalue weighted by Gasteiger charge is -2.10. The van der Waals surface area contributed by atoms with Gasteiger partial charge in [0.15, 0.2) is 17.3 Å². The van der Waals surface area contributed by atoms with Crippen molar-refractivity contribution < 1.29 is 28.2 Å². The Labute approximate surface area is 131 Å². The number of hydrogen-bond donors (Lipinski definition) is 1. The molecule has 2 aromatic carbocycles. The molecule has 1 N–H and O–H groups in total. The van der Waals surface area contributed by atoms with E-state index in [1.165, 1.54) is 43.5 Å². The Kier molecular flexibility index (Phi) is 5.30. The van der Waals surface area contributed by atoms with Gasteiger partial charge in [0.1, 0.15) is 5.75 Å². The van der Waals surface area contributed by atoms with Crippen LogP contribution in [0.1, 0.15) is 15.9 Å². The number of phenols is 1. The fraction of sp³-hybridized carbons (Fsp3) is 0.118. The summed E-state index contributed by atoms with van der Waals surface area (Å²) in [4.78, 5) is 12.0. The highest BCUT2D eigenvalue weighted by molar-refractivity contribution is 6.07. The van der Waals surface area contributed by atoms with Crippen molar-refractivity contribution in [2.45, 2.75) is 6.61 Å². The van der Waals surface area contributed by atoms with Crippen molar-refractivity contribution in [2.24, 2.45) is 0 Å². The summed E-state index contributed by atoms with van der Waals surface area (Å²) >= 11 is 0. The first-order valence-electron chi connectivity index (χ1n) is 6.64. The molecule has 0 spiro atoms. The SMILES string of the molecule is COc1ccc(/C=C/C(=O)c2cccc(O)c2)cc1OC(F)F. The minimum absolute atomic E-state index is 0.0127. The molecule has 2 rings (SSSR count). The maximum absolute atomic E-state index is 12.4. The number of halogens is 2. The molecule has 23 heavy (non-hydrogen) atoms. The Morgan fingerprint density at radius 1 is 1.17 bits per heavy atom. The third-order valence-electron chi connectivity index (χ3n) is 2.96. The second-order valence-electron chi connectivity index (χ2n) is 4.54. The summed E-state index contributed by atoms with van der Waals surface area (Å²) in [6, 6.07) is 10.3. The molecular formula is C17H14F2O4. The Bertz CT molecular complexity index is 726. The van der Waals surface area contributed by atoms with Gasteiger partial charge in [0.25, 0.3) is 0 Å². The van der Waals surface area contributed by atoms with Gasteiger partial charge in [-0.05, 0) is 35.9 Å². The third-order valence-corrected chi connectivity index (χ3v) is 2.96. The molecule has 0 radical (unpaired) electrons. The highest BCUT2D eigenvalue weighted by atomic mass is 19.3. The normalized spacial score (nSPS) is 11.0. The van der Waals surface area contributed by atoms with Gasteiger partial charge in [0, 0.05) is 5.56 Å². The molecular weight excluding hydrogens is 306 g/mol. The first kappa shape index (κ1) is 16.5. The smallest absolute Gasteiger partial charge is 0.387 e. The number of aromatic hydroxyl groups is 1. The molecule has 0 fully saturated rings. The van der Waals surface area contributed by atoms with E-state index in [0.29, 0.717) is 11.1 Å². The van der Waals surface area contributed by atoms with Crippen molar-refractivity contribution >= 4 is 11.9 Å². The van der Waals surface area contributed by atoms with E-state index in [1.807, 2.05) is 0 Å².